The van der Waals surface area contributed by atoms with E-state index in [0.29, 0.717) is 12.2 Å². The van der Waals surface area contributed by atoms with E-state index >= 15 is 0 Å². The fourth-order valence-electron chi connectivity index (χ4n) is 2.23. The smallest absolute Gasteiger partial charge is 0.323 e. The average Bonchev–Trinajstić information content (AvgIpc) is 2.99. The van der Waals surface area contributed by atoms with Crippen LogP contribution in [0.3, 0.4) is 0 Å². The molecule has 0 aliphatic rings. The van der Waals surface area contributed by atoms with Crippen molar-refractivity contribution in [3.8, 4) is 0 Å². The maximum Gasteiger partial charge on any atom is 0.436 e. The van der Waals surface area contributed by atoms with Crippen molar-refractivity contribution in [2.75, 3.05) is 5.32 Å². The second-order valence-electron chi connectivity index (χ2n) is 5.23. The van der Waals surface area contributed by atoms with E-state index < -0.39 is 16.9 Å². The zero-order chi connectivity index (χ0) is 18.1. The van der Waals surface area contributed by atoms with Crippen molar-refractivity contribution in [1.82, 2.24) is 19.6 Å². The maximum atomic E-state index is 12.8. The van der Waals surface area contributed by atoms with E-state index in [-0.39, 0.29) is 24.6 Å². The molecule has 6 nitrogen and oxygen atoms in total. The van der Waals surface area contributed by atoms with Crippen molar-refractivity contribution in [1.29, 1.82) is 0 Å². The molecule has 0 bridgehead atoms. The summed E-state index contributed by atoms with van der Waals surface area (Å²) in [4.78, 5) is 12.0. The topological polar surface area (TPSA) is 64.7 Å². The van der Waals surface area contributed by atoms with Crippen LogP contribution in [-0.2, 0) is 24.1 Å². The molecule has 0 unspecified atom stereocenters. The molecule has 10 heteroatoms. The standard InChI is InChI=1S/C14H17ClF3N5O/c1-4-22-8(2)10(7-19-22)20-11(24)5-6-23-9(3)12(15)13(21-23)14(16,17)18/h7H,4-6H2,1-3H3,(H,20,24). The molecule has 2 aromatic rings. The molecule has 0 atom stereocenters. The Bertz CT molecular complexity index is 750. The van der Waals surface area contributed by atoms with Crippen molar-refractivity contribution in [2.24, 2.45) is 0 Å². The number of anilines is 1. The van der Waals surface area contributed by atoms with Gasteiger partial charge in [-0.15, -0.1) is 0 Å². The van der Waals surface area contributed by atoms with Gasteiger partial charge in [-0.3, -0.25) is 14.2 Å². The van der Waals surface area contributed by atoms with E-state index in [2.05, 4.69) is 15.5 Å². The number of carbonyl (C=O) groups excluding carboxylic acids is 1. The molecule has 2 rings (SSSR count). The van der Waals surface area contributed by atoms with Crippen molar-refractivity contribution >= 4 is 23.2 Å². The molecule has 1 amide bonds. The number of hydrogen-bond acceptors (Lipinski definition) is 3. The Kier molecular flexibility index (Phi) is 5.22. The van der Waals surface area contributed by atoms with Crippen LogP contribution in [0.15, 0.2) is 6.20 Å². The van der Waals surface area contributed by atoms with Gasteiger partial charge >= 0.3 is 6.18 Å². The van der Waals surface area contributed by atoms with Crippen LogP contribution in [0.25, 0.3) is 0 Å². The van der Waals surface area contributed by atoms with Gasteiger partial charge in [-0.25, -0.2) is 0 Å². The highest BCUT2D eigenvalue weighted by Crippen LogP contribution is 2.35. The zero-order valence-electron chi connectivity index (χ0n) is 13.4. The second-order valence-corrected chi connectivity index (χ2v) is 5.60. The van der Waals surface area contributed by atoms with Crippen LogP contribution in [-0.4, -0.2) is 25.5 Å². The highest BCUT2D eigenvalue weighted by Gasteiger charge is 2.38. The van der Waals surface area contributed by atoms with Crippen LogP contribution in [0.4, 0.5) is 18.9 Å². The number of aryl methyl sites for hydroxylation is 2. The summed E-state index contributed by atoms with van der Waals surface area (Å²) >= 11 is 5.67. The average molecular weight is 364 g/mol. The van der Waals surface area contributed by atoms with Crippen LogP contribution >= 0.6 is 11.6 Å². The van der Waals surface area contributed by atoms with Gasteiger partial charge in [-0.2, -0.15) is 23.4 Å². The van der Waals surface area contributed by atoms with Gasteiger partial charge in [0.25, 0.3) is 0 Å². The minimum Gasteiger partial charge on any atom is -0.323 e. The normalized spacial score (nSPS) is 11.8. The number of nitrogens with one attached hydrogen (secondary N) is 1. The van der Waals surface area contributed by atoms with Gasteiger partial charge in [0, 0.05) is 13.0 Å². The molecule has 0 fully saturated rings. The lowest BCUT2D eigenvalue weighted by Crippen LogP contribution is -2.16. The van der Waals surface area contributed by atoms with E-state index in [9.17, 15) is 18.0 Å². The van der Waals surface area contributed by atoms with Crippen LogP contribution in [0.2, 0.25) is 5.02 Å². The summed E-state index contributed by atoms with van der Waals surface area (Å²) in [5.41, 5.74) is 0.422. The highest BCUT2D eigenvalue weighted by atomic mass is 35.5. The predicted molar refractivity (Wildman–Crippen MR) is 82.9 cm³/mol. The van der Waals surface area contributed by atoms with Gasteiger partial charge in [-0.05, 0) is 20.8 Å². The van der Waals surface area contributed by atoms with Crippen molar-refractivity contribution in [3.63, 3.8) is 0 Å². The number of alkyl halides is 3. The Morgan fingerprint density at radius 2 is 1.96 bits per heavy atom. The number of rotatable bonds is 5. The van der Waals surface area contributed by atoms with Gasteiger partial charge in [0.2, 0.25) is 5.91 Å². The fraction of sp³-hybridized carbons (Fsp3) is 0.500. The minimum absolute atomic E-state index is 0.00553. The molecule has 24 heavy (non-hydrogen) atoms. The maximum absolute atomic E-state index is 12.8. The third-order valence-electron chi connectivity index (χ3n) is 3.63. The largest absolute Gasteiger partial charge is 0.436 e. The molecule has 132 valence electrons. The molecule has 0 saturated heterocycles. The summed E-state index contributed by atoms with van der Waals surface area (Å²) in [6.45, 7) is 5.84. The number of hydrogen-bond donors (Lipinski definition) is 1. The SMILES string of the molecule is CCn1ncc(NC(=O)CCn2nc(C(F)(F)F)c(Cl)c2C)c1C. The first-order valence-electron chi connectivity index (χ1n) is 7.27. The van der Waals surface area contributed by atoms with Crippen LogP contribution in [0.1, 0.15) is 30.4 Å². The quantitative estimate of drug-likeness (QED) is 0.885. The number of amides is 1. The molecule has 0 aliphatic carbocycles. The van der Waals surface area contributed by atoms with Crippen molar-refractivity contribution in [3.05, 3.63) is 28.3 Å². The first-order chi connectivity index (χ1) is 11.1. The number of carbonyl (C=O) groups is 1. The van der Waals surface area contributed by atoms with Gasteiger partial charge in [-0.1, -0.05) is 11.6 Å². The number of aromatic nitrogens is 4. The lowest BCUT2D eigenvalue weighted by molar-refractivity contribution is -0.141. The molecule has 0 aromatic carbocycles. The Labute approximate surface area is 141 Å². The molecule has 0 saturated carbocycles. The Hall–Kier alpha value is -2.03. The van der Waals surface area contributed by atoms with Crippen molar-refractivity contribution < 1.29 is 18.0 Å². The molecule has 2 heterocycles. The summed E-state index contributed by atoms with van der Waals surface area (Å²) in [5, 5.41) is 9.81. The summed E-state index contributed by atoms with van der Waals surface area (Å²) in [5.74, 6) is -0.340. The van der Waals surface area contributed by atoms with E-state index in [1.54, 1.807) is 4.68 Å². The third kappa shape index (κ3) is 3.72. The number of nitrogens with zero attached hydrogens (tertiary/aromatic N) is 4. The van der Waals surface area contributed by atoms with E-state index in [1.807, 2.05) is 13.8 Å². The first kappa shape index (κ1) is 18.3. The number of halogens is 4. The second kappa shape index (κ2) is 6.84. The molecule has 0 aliphatic heterocycles. The summed E-state index contributed by atoms with van der Waals surface area (Å²) in [6.07, 6.45) is -3.12. The van der Waals surface area contributed by atoms with Crippen LogP contribution in [0.5, 0.6) is 0 Å². The van der Waals surface area contributed by atoms with E-state index in [0.717, 1.165) is 10.4 Å². The van der Waals surface area contributed by atoms with Gasteiger partial charge in [0.05, 0.1) is 34.8 Å². The predicted octanol–water partition coefficient (Wildman–Crippen LogP) is 3.42. The highest BCUT2D eigenvalue weighted by molar-refractivity contribution is 6.31. The third-order valence-corrected chi connectivity index (χ3v) is 4.08. The molecule has 2 aromatic heterocycles. The molecular weight excluding hydrogens is 347 g/mol. The summed E-state index contributed by atoms with van der Waals surface area (Å²) < 4.78 is 41.1. The Morgan fingerprint density at radius 1 is 1.29 bits per heavy atom. The van der Waals surface area contributed by atoms with Gasteiger partial charge < -0.3 is 5.32 Å². The summed E-state index contributed by atoms with van der Waals surface area (Å²) in [6, 6.07) is 0. The van der Waals surface area contributed by atoms with Crippen molar-refractivity contribution in [2.45, 2.75) is 46.5 Å². The monoisotopic (exact) mass is 363 g/mol. The van der Waals surface area contributed by atoms with Gasteiger partial charge in [0.15, 0.2) is 5.69 Å². The molecule has 0 radical (unpaired) electrons. The van der Waals surface area contributed by atoms with Gasteiger partial charge in [0.1, 0.15) is 0 Å². The summed E-state index contributed by atoms with van der Waals surface area (Å²) in [7, 11) is 0. The first-order valence-corrected chi connectivity index (χ1v) is 7.65. The lowest BCUT2D eigenvalue weighted by Gasteiger charge is -2.07. The molecule has 1 N–H and O–H groups in total. The minimum atomic E-state index is -4.62. The van der Waals surface area contributed by atoms with Crippen LogP contribution in [0, 0.1) is 13.8 Å². The Balaban J connectivity index is 2.03. The lowest BCUT2D eigenvalue weighted by atomic mass is 10.3. The zero-order valence-corrected chi connectivity index (χ0v) is 14.2. The fourth-order valence-corrected chi connectivity index (χ4v) is 2.47. The molecule has 0 spiro atoms. The van der Waals surface area contributed by atoms with Crippen LogP contribution < -0.4 is 5.32 Å². The Morgan fingerprint density at radius 3 is 2.46 bits per heavy atom. The molecular formula is C14H17ClF3N5O. The van der Waals surface area contributed by atoms with E-state index in [4.69, 9.17) is 11.6 Å². The van der Waals surface area contributed by atoms with E-state index in [1.165, 1.54) is 13.1 Å².